The Balaban J connectivity index is 2.06. The highest BCUT2D eigenvalue weighted by molar-refractivity contribution is 5.91. The summed E-state index contributed by atoms with van der Waals surface area (Å²) in [5, 5.41) is 3.69. The van der Waals surface area contributed by atoms with E-state index in [1.807, 2.05) is 43.3 Å². The Kier molecular flexibility index (Phi) is 3.98. The van der Waals surface area contributed by atoms with Crippen LogP contribution in [0.1, 0.15) is 18.9 Å². The second-order valence-corrected chi connectivity index (χ2v) is 5.42. The van der Waals surface area contributed by atoms with E-state index in [0.717, 1.165) is 22.2 Å². The molecule has 0 aliphatic rings. The monoisotopic (exact) mass is 307 g/mol. The van der Waals surface area contributed by atoms with Gasteiger partial charge in [0.2, 0.25) is 5.91 Å². The van der Waals surface area contributed by atoms with Crippen molar-refractivity contribution in [1.29, 1.82) is 0 Å². The lowest BCUT2D eigenvalue weighted by molar-refractivity contribution is -0.115. The predicted molar refractivity (Wildman–Crippen MR) is 91.6 cm³/mol. The van der Waals surface area contributed by atoms with E-state index in [0.29, 0.717) is 17.6 Å². The minimum atomic E-state index is -0.364. The molecular formula is C19H17NO3. The molecule has 116 valence electrons. The number of nitrogens with one attached hydrogen (secondary N) is 1. The molecule has 3 rings (SSSR count). The Hall–Kier alpha value is -2.88. The van der Waals surface area contributed by atoms with Crippen molar-refractivity contribution in [3.05, 3.63) is 64.5 Å². The zero-order valence-corrected chi connectivity index (χ0v) is 13.1. The second kappa shape index (κ2) is 6.08. The van der Waals surface area contributed by atoms with E-state index in [4.69, 9.17) is 4.42 Å². The van der Waals surface area contributed by atoms with Crippen molar-refractivity contribution < 1.29 is 9.21 Å². The zero-order valence-electron chi connectivity index (χ0n) is 13.1. The molecule has 3 aromatic rings. The van der Waals surface area contributed by atoms with Crippen LogP contribution in [0.4, 0.5) is 5.69 Å². The summed E-state index contributed by atoms with van der Waals surface area (Å²) in [6, 6.07) is 14.8. The van der Waals surface area contributed by atoms with Gasteiger partial charge in [-0.1, -0.05) is 31.2 Å². The molecule has 0 aliphatic carbocycles. The van der Waals surface area contributed by atoms with Crippen LogP contribution in [0.3, 0.4) is 0 Å². The average Bonchev–Trinajstić information content (AvgIpc) is 2.54. The molecule has 1 N–H and O–H groups in total. The Morgan fingerprint density at radius 1 is 1.09 bits per heavy atom. The number of hydrogen-bond acceptors (Lipinski definition) is 3. The van der Waals surface area contributed by atoms with Crippen molar-refractivity contribution in [3.8, 4) is 11.1 Å². The van der Waals surface area contributed by atoms with Gasteiger partial charge in [-0.15, -0.1) is 0 Å². The molecule has 4 heteroatoms. The third-order valence-corrected chi connectivity index (χ3v) is 3.76. The van der Waals surface area contributed by atoms with Gasteiger partial charge in [0.25, 0.3) is 0 Å². The summed E-state index contributed by atoms with van der Waals surface area (Å²) in [4.78, 5) is 23.7. The maximum Gasteiger partial charge on any atom is 0.344 e. The van der Waals surface area contributed by atoms with Gasteiger partial charge < -0.3 is 9.73 Å². The minimum absolute atomic E-state index is 0.0395. The Morgan fingerprint density at radius 3 is 2.61 bits per heavy atom. The lowest BCUT2D eigenvalue weighted by Gasteiger charge is -2.09. The van der Waals surface area contributed by atoms with Crippen LogP contribution >= 0.6 is 0 Å². The highest BCUT2D eigenvalue weighted by Gasteiger charge is 2.11. The van der Waals surface area contributed by atoms with Crippen LogP contribution in [0, 0.1) is 6.92 Å². The van der Waals surface area contributed by atoms with E-state index in [9.17, 15) is 9.59 Å². The number of carbonyl (C=O) groups is 1. The van der Waals surface area contributed by atoms with Crippen LogP contribution < -0.4 is 10.9 Å². The lowest BCUT2D eigenvalue weighted by Crippen LogP contribution is -2.10. The summed E-state index contributed by atoms with van der Waals surface area (Å²) in [6.45, 7) is 3.71. The third-order valence-electron chi connectivity index (χ3n) is 3.76. The number of benzene rings is 2. The van der Waals surface area contributed by atoms with Gasteiger partial charge in [-0.2, -0.15) is 0 Å². The van der Waals surface area contributed by atoms with Gasteiger partial charge in [0.1, 0.15) is 5.58 Å². The van der Waals surface area contributed by atoms with Crippen LogP contribution in [-0.4, -0.2) is 5.91 Å². The molecule has 0 saturated heterocycles. The highest BCUT2D eigenvalue weighted by atomic mass is 16.4. The molecular weight excluding hydrogens is 290 g/mol. The van der Waals surface area contributed by atoms with Crippen LogP contribution in [0.25, 0.3) is 22.1 Å². The molecule has 0 saturated carbocycles. The first-order chi connectivity index (χ1) is 11.1. The van der Waals surface area contributed by atoms with Gasteiger partial charge in [0.05, 0.1) is 5.56 Å². The number of para-hydroxylation sites is 1. The first-order valence-corrected chi connectivity index (χ1v) is 7.52. The van der Waals surface area contributed by atoms with Crippen molar-refractivity contribution >= 4 is 22.6 Å². The van der Waals surface area contributed by atoms with Crippen molar-refractivity contribution in [3.63, 3.8) is 0 Å². The second-order valence-electron chi connectivity index (χ2n) is 5.42. The summed E-state index contributed by atoms with van der Waals surface area (Å²) in [5.41, 5.74) is 3.17. The van der Waals surface area contributed by atoms with Crippen LogP contribution in [0.5, 0.6) is 0 Å². The Morgan fingerprint density at radius 2 is 1.87 bits per heavy atom. The highest BCUT2D eigenvalue weighted by Crippen LogP contribution is 2.26. The largest absolute Gasteiger partial charge is 0.422 e. The number of carbonyl (C=O) groups excluding carboxylic acids is 1. The maximum atomic E-state index is 12.3. The van der Waals surface area contributed by atoms with Gasteiger partial charge in [-0.25, -0.2) is 4.79 Å². The van der Waals surface area contributed by atoms with Crippen molar-refractivity contribution in [2.45, 2.75) is 20.3 Å². The molecule has 23 heavy (non-hydrogen) atoms. The number of aryl methyl sites for hydroxylation is 1. The van der Waals surface area contributed by atoms with Gasteiger partial charge in [-0.05, 0) is 42.3 Å². The molecule has 0 radical (unpaired) electrons. The summed E-state index contributed by atoms with van der Waals surface area (Å²) >= 11 is 0. The molecule has 0 aliphatic heterocycles. The van der Waals surface area contributed by atoms with E-state index in [1.165, 1.54) is 0 Å². The SMILES string of the molecule is CCC(=O)Nc1ccc(-c2cc3ccccc3oc2=O)c(C)c1. The fraction of sp³-hybridized carbons (Fsp3) is 0.158. The number of hydrogen-bond donors (Lipinski definition) is 1. The smallest absolute Gasteiger partial charge is 0.344 e. The molecule has 2 aromatic carbocycles. The summed E-state index contributed by atoms with van der Waals surface area (Å²) in [7, 11) is 0. The first-order valence-electron chi connectivity index (χ1n) is 7.52. The lowest BCUT2D eigenvalue weighted by atomic mass is 10.0. The first kappa shape index (κ1) is 15.0. The van der Waals surface area contributed by atoms with Crippen LogP contribution in [0.2, 0.25) is 0 Å². The molecule has 1 amide bonds. The molecule has 0 atom stereocenters. The normalized spacial score (nSPS) is 10.7. The number of fused-ring (bicyclic) bond motifs is 1. The fourth-order valence-electron chi connectivity index (χ4n) is 2.54. The van der Waals surface area contributed by atoms with Crippen LogP contribution in [0.15, 0.2) is 57.7 Å². The van der Waals surface area contributed by atoms with Crippen molar-refractivity contribution in [2.75, 3.05) is 5.32 Å². The van der Waals surface area contributed by atoms with Gasteiger partial charge in [-0.3, -0.25) is 4.79 Å². The third kappa shape index (κ3) is 3.01. The van der Waals surface area contributed by atoms with E-state index >= 15 is 0 Å². The molecule has 4 nitrogen and oxygen atoms in total. The summed E-state index contributed by atoms with van der Waals surface area (Å²) in [5.74, 6) is -0.0395. The van der Waals surface area contributed by atoms with Gasteiger partial charge >= 0.3 is 5.63 Å². The molecule has 0 spiro atoms. The topological polar surface area (TPSA) is 59.3 Å². The fourth-order valence-corrected chi connectivity index (χ4v) is 2.54. The van der Waals surface area contributed by atoms with E-state index in [-0.39, 0.29) is 11.5 Å². The quantitative estimate of drug-likeness (QED) is 0.741. The molecule has 0 fully saturated rings. The number of rotatable bonds is 3. The molecule has 0 unspecified atom stereocenters. The van der Waals surface area contributed by atoms with E-state index < -0.39 is 0 Å². The van der Waals surface area contributed by atoms with Crippen LogP contribution in [-0.2, 0) is 4.79 Å². The summed E-state index contributed by atoms with van der Waals surface area (Å²) in [6.07, 6.45) is 0.426. The van der Waals surface area contributed by atoms with Gasteiger partial charge in [0, 0.05) is 17.5 Å². The maximum absolute atomic E-state index is 12.3. The van der Waals surface area contributed by atoms with E-state index in [1.54, 1.807) is 19.1 Å². The number of amides is 1. The van der Waals surface area contributed by atoms with E-state index in [2.05, 4.69) is 5.32 Å². The molecule has 1 heterocycles. The molecule has 1 aromatic heterocycles. The minimum Gasteiger partial charge on any atom is -0.422 e. The average molecular weight is 307 g/mol. The van der Waals surface area contributed by atoms with Crippen molar-refractivity contribution in [1.82, 2.24) is 0 Å². The molecule has 0 bridgehead atoms. The standard InChI is InChI=1S/C19H17NO3/c1-3-18(21)20-14-8-9-15(12(2)10-14)16-11-13-6-4-5-7-17(13)23-19(16)22/h4-11H,3H2,1-2H3,(H,20,21). The summed E-state index contributed by atoms with van der Waals surface area (Å²) < 4.78 is 5.39. The number of anilines is 1. The van der Waals surface area contributed by atoms with Crippen molar-refractivity contribution in [2.24, 2.45) is 0 Å². The zero-order chi connectivity index (χ0) is 16.4. The Labute approximate surface area is 133 Å². The Bertz CT molecular complexity index is 941. The predicted octanol–water partition coefficient (Wildman–Crippen LogP) is 4.12. The van der Waals surface area contributed by atoms with Gasteiger partial charge in [0.15, 0.2) is 0 Å².